The van der Waals surface area contributed by atoms with Crippen LogP contribution in [0, 0.1) is 5.82 Å². The molecule has 1 fully saturated rings. The van der Waals surface area contributed by atoms with Crippen molar-refractivity contribution in [1.29, 1.82) is 0 Å². The van der Waals surface area contributed by atoms with E-state index < -0.39 is 11.9 Å². The van der Waals surface area contributed by atoms with Crippen LogP contribution in [-0.2, 0) is 11.3 Å². The Labute approximate surface area is 146 Å². The van der Waals surface area contributed by atoms with Crippen molar-refractivity contribution >= 4 is 11.7 Å². The molecule has 1 atom stereocenters. The van der Waals surface area contributed by atoms with Gasteiger partial charge in [-0.25, -0.2) is 14.4 Å². The molecule has 132 valence electrons. The predicted molar refractivity (Wildman–Crippen MR) is 91.8 cm³/mol. The molecule has 1 aromatic heterocycles. The van der Waals surface area contributed by atoms with Crippen molar-refractivity contribution in [1.82, 2.24) is 15.3 Å². The number of benzene rings is 1. The van der Waals surface area contributed by atoms with E-state index >= 15 is 0 Å². The first-order valence-corrected chi connectivity index (χ1v) is 8.39. The summed E-state index contributed by atoms with van der Waals surface area (Å²) in [7, 11) is 0. The molecule has 25 heavy (non-hydrogen) atoms. The summed E-state index contributed by atoms with van der Waals surface area (Å²) in [6.07, 6.45) is 3.21. The summed E-state index contributed by atoms with van der Waals surface area (Å²) >= 11 is 0. The summed E-state index contributed by atoms with van der Waals surface area (Å²) < 4.78 is 18.9. The van der Waals surface area contributed by atoms with E-state index in [1.165, 1.54) is 25.0 Å². The van der Waals surface area contributed by atoms with Gasteiger partial charge in [-0.2, -0.15) is 0 Å². The Morgan fingerprint density at radius 3 is 2.84 bits per heavy atom. The zero-order valence-corrected chi connectivity index (χ0v) is 14.1. The van der Waals surface area contributed by atoms with Crippen LogP contribution in [0.2, 0.25) is 0 Å². The predicted octanol–water partition coefficient (Wildman–Crippen LogP) is 2.30. The van der Waals surface area contributed by atoms with Crippen LogP contribution in [0.25, 0.3) is 0 Å². The van der Waals surface area contributed by atoms with Crippen LogP contribution >= 0.6 is 0 Å². The van der Waals surface area contributed by atoms with Gasteiger partial charge in [0.15, 0.2) is 17.7 Å². The molecule has 2 aromatic rings. The largest absolute Gasteiger partial charge is 0.478 e. The van der Waals surface area contributed by atoms with Gasteiger partial charge >= 0.3 is 0 Å². The summed E-state index contributed by atoms with van der Waals surface area (Å²) in [6, 6.07) is 7.87. The van der Waals surface area contributed by atoms with Gasteiger partial charge in [-0.15, -0.1) is 0 Å². The van der Waals surface area contributed by atoms with E-state index in [1.807, 2.05) is 6.07 Å². The normalized spacial score (nSPS) is 15.0. The number of nitrogens with zero attached hydrogens (tertiary/aromatic N) is 3. The second kappa shape index (κ2) is 7.92. The minimum atomic E-state index is -0.821. The lowest BCUT2D eigenvalue weighted by atomic mass is 10.3. The molecule has 1 aliphatic rings. The minimum Gasteiger partial charge on any atom is -0.478 e. The van der Waals surface area contributed by atoms with Crippen LogP contribution in [0.5, 0.6) is 5.75 Å². The third-order valence-corrected chi connectivity index (χ3v) is 4.05. The molecule has 0 aliphatic carbocycles. The lowest BCUT2D eigenvalue weighted by molar-refractivity contribution is -0.127. The highest BCUT2D eigenvalue weighted by Gasteiger charge is 2.17. The molecule has 6 nitrogen and oxygen atoms in total. The lowest BCUT2D eigenvalue weighted by Gasteiger charge is -2.17. The number of nitrogens with one attached hydrogen (secondary N) is 1. The maximum Gasteiger partial charge on any atom is 0.261 e. The average Bonchev–Trinajstić information content (AvgIpc) is 3.16. The molecular formula is C18H21FN4O2. The quantitative estimate of drug-likeness (QED) is 0.871. The molecule has 2 heterocycles. The van der Waals surface area contributed by atoms with E-state index in [9.17, 15) is 9.18 Å². The number of carbonyl (C=O) groups is 1. The zero-order valence-electron chi connectivity index (χ0n) is 14.1. The van der Waals surface area contributed by atoms with Gasteiger partial charge in [0.25, 0.3) is 5.91 Å². The molecular weight excluding hydrogens is 323 g/mol. The van der Waals surface area contributed by atoms with E-state index in [0.29, 0.717) is 5.82 Å². The van der Waals surface area contributed by atoms with Gasteiger partial charge in [0, 0.05) is 19.3 Å². The summed E-state index contributed by atoms with van der Waals surface area (Å²) in [5.74, 6) is 0.628. The molecule has 3 rings (SSSR count). The van der Waals surface area contributed by atoms with Gasteiger partial charge in [-0.1, -0.05) is 12.1 Å². The maximum atomic E-state index is 13.6. The molecule has 1 saturated heterocycles. The fourth-order valence-electron chi connectivity index (χ4n) is 2.69. The number of hydrogen-bond donors (Lipinski definition) is 1. The second-order valence-corrected chi connectivity index (χ2v) is 5.93. The first-order chi connectivity index (χ1) is 12.1. The Balaban J connectivity index is 1.55. The van der Waals surface area contributed by atoms with Crippen molar-refractivity contribution in [3.63, 3.8) is 0 Å². The number of rotatable bonds is 6. The number of halogens is 1. The molecule has 0 spiro atoms. The molecule has 1 amide bonds. The summed E-state index contributed by atoms with van der Waals surface area (Å²) in [5, 5.41) is 2.73. The van der Waals surface area contributed by atoms with Crippen LogP contribution in [0.4, 0.5) is 10.2 Å². The standard InChI is InChI=1S/C18H21FN4O2/c1-13(25-15-7-3-2-6-14(15)19)18(24)21-12-16-20-9-8-17(22-16)23-10-4-5-11-23/h2-3,6-9,13H,4-5,10-12H2,1H3,(H,21,24). The van der Waals surface area contributed by atoms with E-state index in [-0.39, 0.29) is 18.2 Å². The summed E-state index contributed by atoms with van der Waals surface area (Å²) in [4.78, 5) is 23.0. The number of hydrogen-bond acceptors (Lipinski definition) is 5. The van der Waals surface area contributed by atoms with Crippen molar-refractivity contribution in [2.75, 3.05) is 18.0 Å². The summed E-state index contributed by atoms with van der Waals surface area (Å²) in [6.45, 7) is 3.77. The highest BCUT2D eigenvalue weighted by atomic mass is 19.1. The Morgan fingerprint density at radius 2 is 2.08 bits per heavy atom. The first kappa shape index (κ1) is 17.1. The number of carbonyl (C=O) groups excluding carboxylic acids is 1. The maximum absolute atomic E-state index is 13.6. The van der Waals surface area contributed by atoms with Crippen molar-refractivity contribution in [3.05, 3.63) is 48.2 Å². The Morgan fingerprint density at radius 1 is 1.32 bits per heavy atom. The molecule has 0 saturated carbocycles. The summed E-state index contributed by atoms with van der Waals surface area (Å²) in [5.41, 5.74) is 0. The number of para-hydroxylation sites is 1. The second-order valence-electron chi connectivity index (χ2n) is 5.93. The first-order valence-electron chi connectivity index (χ1n) is 8.39. The van der Waals surface area contributed by atoms with Crippen molar-refractivity contribution in [2.45, 2.75) is 32.4 Å². The highest BCUT2D eigenvalue weighted by Crippen LogP contribution is 2.18. The smallest absolute Gasteiger partial charge is 0.261 e. The monoisotopic (exact) mass is 344 g/mol. The van der Waals surface area contributed by atoms with E-state index in [2.05, 4.69) is 20.2 Å². The molecule has 1 aliphatic heterocycles. The third kappa shape index (κ3) is 4.43. The highest BCUT2D eigenvalue weighted by molar-refractivity contribution is 5.80. The van der Waals surface area contributed by atoms with Crippen LogP contribution in [0.1, 0.15) is 25.6 Å². The number of aromatic nitrogens is 2. The van der Waals surface area contributed by atoms with Gasteiger partial charge in [0.2, 0.25) is 0 Å². The minimum absolute atomic E-state index is 0.0532. The number of anilines is 1. The van der Waals surface area contributed by atoms with Crippen LogP contribution in [0.3, 0.4) is 0 Å². The molecule has 1 N–H and O–H groups in total. The van der Waals surface area contributed by atoms with Gasteiger partial charge in [0.05, 0.1) is 6.54 Å². The van der Waals surface area contributed by atoms with Gasteiger partial charge in [-0.05, 0) is 38.0 Å². The van der Waals surface area contributed by atoms with E-state index in [1.54, 1.807) is 25.3 Å². The van der Waals surface area contributed by atoms with E-state index in [0.717, 1.165) is 18.9 Å². The Hall–Kier alpha value is -2.70. The van der Waals surface area contributed by atoms with E-state index in [4.69, 9.17) is 4.74 Å². The van der Waals surface area contributed by atoms with Gasteiger partial charge < -0.3 is 15.0 Å². The third-order valence-electron chi connectivity index (χ3n) is 4.05. The van der Waals surface area contributed by atoms with Gasteiger partial charge in [-0.3, -0.25) is 4.79 Å². The molecule has 0 bridgehead atoms. The van der Waals surface area contributed by atoms with Crippen LogP contribution in [0.15, 0.2) is 36.5 Å². The van der Waals surface area contributed by atoms with Crippen molar-refractivity contribution < 1.29 is 13.9 Å². The molecule has 1 aromatic carbocycles. The average molecular weight is 344 g/mol. The number of ether oxygens (including phenoxy) is 1. The fourth-order valence-corrected chi connectivity index (χ4v) is 2.69. The Kier molecular flexibility index (Phi) is 5.42. The molecule has 1 unspecified atom stereocenters. The fraction of sp³-hybridized carbons (Fsp3) is 0.389. The lowest BCUT2D eigenvalue weighted by Crippen LogP contribution is -2.36. The SMILES string of the molecule is CC(Oc1ccccc1F)C(=O)NCc1nccc(N2CCCC2)n1. The van der Waals surface area contributed by atoms with Gasteiger partial charge in [0.1, 0.15) is 11.6 Å². The van der Waals surface area contributed by atoms with Crippen LogP contribution < -0.4 is 15.0 Å². The molecule has 0 radical (unpaired) electrons. The topological polar surface area (TPSA) is 67.3 Å². The van der Waals surface area contributed by atoms with Crippen LogP contribution in [-0.4, -0.2) is 35.1 Å². The number of amides is 1. The molecule has 7 heteroatoms. The van der Waals surface area contributed by atoms with Crippen molar-refractivity contribution in [2.24, 2.45) is 0 Å². The Bertz CT molecular complexity index is 735. The zero-order chi connectivity index (χ0) is 17.6. The van der Waals surface area contributed by atoms with Crippen molar-refractivity contribution in [3.8, 4) is 5.75 Å².